The van der Waals surface area contributed by atoms with Crippen LogP contribution in [0.15, 0.2) is 54.6 Å². The van der Waals surface area contributed by atoms with E-state index in [1.807, 2.05) is 55.5 Å². The summed E-state index contributed by atoms with van der Waals surface area (Å²) in [4.78, 5) is 30.2. The summed E-state index contributed by atoms with van der Waals surface area (Å²) in [5.74, 6) is 1.88. The Morgan fingerprint density at radius 1 is 1.09 bits per heavy atom. The minimum Gasteiger partial charge on any atom is -0.496 e. The Balaban J connectivity index is 1.47. The number of imidazole rings is 1. The number of carbonyl (C=O) groups excluding carboxylic acids is 1. The average Bonchev–Trinajstić information content (AvgIpc) is 3.40. The molecule has 33 heavy (non-hydrogen) atoms. The Morgan fingerprint density at radius 3 is 2.73 bits per heavy atom. The van der Waals surface area contributed by atoms with Crippen LogP contribution in [0.2, 0.25) is 0 Å². The maximum absolute atomic E-state index is 13.1. The molecular formula is C25H24N6O2. The van der Waals surface area contributed by atoms with Gasteiger partial charge in [0.2, 0.25) is 0 Å². The molecule has 166 valence electrons. The lowest BCUT2D eigenvalue weighted by Gasteiger charge is -2.19. The zero-order chi connectivity index (χ0) is 23.1. The monoisotopic (exact) mass is 440 g/mol. The third-order valence-corrected chi connectivity index (χ3v) is 5.70. The van der Waals surface area contributed by atoms with Crippen LogP contribution >= 0.6 is 0 Å². The van der Waals surface area contributed by atoms with Gasteiger partial charge in [0.1, 0.15) is 22.9 Å². The lowest BCUT2D eigenvalue weighted by Crippen LogP contribution is -2.26. The summed E-state index contributed by atoms with van der Waals surface area (Å²) < 4.78 is 5.41. The summed E-state index contributed by atoms with van der Waals surface area (Å²) in [5.41, 5.74) is 11.6. The van der Waals surface area contributed by atoms with Crippen LogP contribution in [0.1, 0.15) is 21.7 Å². The van der Waals surface area contributed by atoms with Gasteiger partial charge in [-0.25, -0.2) is 9.97 Å². The Bertz CT molecular complexity index is 1500. The van der Waals surface area contributed by atoms with Crippen molar-refractivity contribution >= 4 is 33.8 Å². The minimum atomic E-state index is -0.0657. The van der Waals surface area contributed by atoms with Gasteiger partial charge in [0.15, 0.2) is 5.65 Å². The molecule has 3 aromatic heterocycles. The molecule has 1 amide bonds. The summed E-state index contributed by atoms with van der Waals surface area (Å²) in [7, 11) is 3.42. The Hall–Kier alpha value is -4.33. The number of hydrogen-bond donors (Lipinski definition) is 3. The number of rotatable bonds is 5. The quantitative estimate of drug-likeness (QED) is 0.378. The Morgan fingerprint density at radius 2 is 1.91 bits per heavy atom. The molecule has 0 saturated carbocycles. The highest BCUT2D eigenvalue weighted by Crippen LogP contribution is 2.31. The van der Waals surface area contributed by atoms with Crippen molar-refractivity contribution in [2.45, 2.75) is 13.5 Å². The molecule has 0 bridgehead atoms. The number of nitrogens with one attached hydrogen (secondary N) is 2. The van der Waals surface area contributed by atoms with Crippen molar-refractivity contribution in [2.24, 2.45) is 0 Å². The van der Waals surface area contributed by atoms with E-state index in [2.05, 4.69) is 19.9 Å². The molecular weight excluding hydrogens is 416 g/mol. The minimum absolute atomic E-state index is 0.0657. The van der Waals surface area contributed by atoms with Crippen LogP contribution in [0.4, 0.5) is 5.82 Å². The first kappa shape index (κ1) is 20.6. The highest BCUT2D eigenvalue weighted by atomic mass is 16.5. The lowest BCUT2D eigenvalue weighted by molar-refractivity contribution is 0.0784. The molecule has 4 N–H and O–H groups in total. The number of aromatic nitrogens is 4. The van der Waals surface area contributed by atoms with Gasteiger partial charge in [-0.3, -0.25) is 4.79 Å². The Kier molecular flexibility index (Phi) is 4.97. The average molecular weight is 441 g/mol. The fraction of sp³-hybridized carbons (Fsp3) is 0.160. The second-order valence-electron chi connectivity index (χ2n) is 8.07. The van der Waals surface area contributed by atoms with E-state index < -0.39 is 0 Å². The van der Waals surface area contributed by atoms with Crippen LogP contribution in [0.25, 0.3) is 33.3 Å². The number of methoxy groups -OCH3 is 1. The number of carbonyl (C=O) groups is 1. The molecule has 8 nitrogen and oxygen atoms in total. The summed E-state index contributed by atoms with van der Waals surface area (Å²) in [6, 6.07) is 17.2. The second-order valence-corrected chi connectivity index (χ2v) is 8.07. The number of pyridine rings is 1. The van der Waals surface area contributed by atoms with E-state index in [1.54, 1.807) is 25.1 Å². The number of benzene rings is 2. The second kappa shape index (κ2) is 7.98. The first-order valence-corrected chi connectivity index (χ1v) is 10.6. The van der Waals surface area contributed by atoms with Gasteiger partial charge < -0.3 is 25.3 Å². The molecule has 0 unspecified atom stereocenters. The van der Waals surface area contributed by atoms with E-state index in [9.17, 15) is 4.79 Å². The maximum atomic E-state index is 13.1. The number of para-hydroxylation sites is 1. The van der Waals surface area contributed by atoms with Crippen LogP contribution in [0.5, 0.6) is 5.75 Å². The highest BCUT2D eigenvalue weighted by molar-refractivity contribution is 6.00. The van der Waals surface area contributed by atoms with Crippen molar-refractivity contribution in [1.82, 2.24) is 24.8 Å². The van der Waals surface area contributed by atoms with Gasteiger partial charge in [-0.05, 0) is 43.3 Å². The number of nitrogens with zero attached hydrogens (tertiary/aromatic N) is 3. The molecule has 0 aliphatic rings. The highest BCUT2D eigenvalue weighted by Gasteiger charge is 2.17. The van der Waals surface area contributed by atoms with E-state index in [4.69, 9.17) is 10.5 Å². The van der Waals surface area contributed by atoms with Crippen LogP contribution in [-0.2, 0) is 6.54 Å². The van der Waals surface area contributed by atoms with Crippen LogP contribution in [-0.4, -0.2) is 44.9 Å². The van der Waals surface area contributed by atoms with Gasteiger partial charge in [-0.15, -0.1) is 0 Å². The van der Waals surface area contributed by atoms with E-state index in [-0.39, 0.29) is 5.91 Å². The summed E-state index contributed by atoms with van der Waals surface area (Å²) in [6.45, 7) is 2.33. The van der Waals surface area contributed by atoms with E-state index >= 15 is 0 Å². The molecule has 0 aliphatic carbocycles. The molecule has 0 aliphatic heterocycles. The predicted molar refractivity (Wildman–Crippen MR) is 129 cm³/mol. The summed E-state index contributed by atoms with van der Waals surface area (Å²) in [6.07, 6.45) is 0. The molecule has 2 aromatic carbocycles. The normalized spacial score (nSPS) is 11.2. The molecule has 5 aromatic rings. The summed E-state index contributed by atoms with van der Waals surface area (Å²) in [5, 5.41) is 0.928. The number of aryl methyl sites for hydroxylation is 1. The smallest absolute Gasteiger partial charge is 0.253 e. The van der Waals surface area contributed by atoms with Crippen molar-refractivity contribution in [3.8, 4) is 17.0 Å². The van der Waals surface area contributed by atoms with Crippen LogP contribution in [0, 0.1) is 6.92 Å². The number of nitrogens with two attached hydrogens (primary N) is 1. The van der Waals surface area contributed by atoms with E-state index in [0.29, 0.717) is 23.6 Å². The van der Waals surface area contributed by atoms with E-state index in [0.717, 1.165) is 44.8 Å². The largest absolute Gasteiger partial charge is 0.496 e. The van der Waals surface area contributed by atoms with Crippen molar-refractivity contribution in [2.75, 3.05) is 19.9 Å². The number of H-pyrrole nitrogens is 2. The van der Waals surface area contributed by atoms with Crippen LogP contribution in [0.3, 0.4) is 0 Å². The molecule has 0 spiro atoms. The lowest BCUT2D eigenvalue weighted by atomic mass is 10.1. The number of amides is 1. The number of nitrogen functional groups attached to an aromatic ring is 1. The fourth-order valence-corrected chi connectivity index (χ4v) is 4.12. The third-order valence-electron chi connectivity index (χ3n) is 5.70. The third kappa shape index (κ3) is 3.76. The summed E-state index contributed by atoms with van der Waals surface area (Å²) >= 11 is 0. The number of anilines is 1. The van der Waals surface area contributed by atoms with Gasteiger partial charge in [0.25, 0.3) is 5.91 Å². The van der Waals surface area contributed by atoms with Crippen molar-refractivity contribution in [3.63, 3.8) is 0 Å². The zero-order valence-electron chi connectivity index (χ0n) is 18.6. The first-order chi connectivity index (χ1) is 15.9. The molecule has 0 fully saturated rings. The molecule has 0 radical (unpaired) electrons. The van der Waals surface area contributed by atoms with Crippen molar-refractivity contribution in [3.05, 3.63) is 71.5 Å². The SMILES string of the molecule is COc1ccccc1CN(C)C(=O)c1ccc2[nH]c(-c3cc(N)nc4[nH]c(C)nc34)cc2c1. The first-order valence-electron chi connectivity index (χ1n) is 10.6. The van der Waals surface area contributed by atoms with Crippen molar-refractivity contribution in [1.29, 1.82) is 0 Å². The number of hydrogen-bond acceptors (Lipinski definition) is 5. The Labute approximate surface area is 190 Å². The van der Waals surface area contributed by atoms with Gasteiger partial charge >= 0.3 is 0 Å². The zero-order valence-corrected chi connectivity index (χ0v) is 18.6. The van der Waals surface area contributed by atoms with E-state index in [1.165, 1.54) is 0 Å². The molecule has 5 rings (SSSR count). The van der Waals surface area contributed by atoms with Gasteiger partial charge in [0.05, 0.1) is 7.11 Å². The molecule has 0 saturated heterocycles. The van der Waals surface area contributed by atoms with Gasteiger partial charge in [-0.1, -0.05) is 18.2 Å². The van der Waals surface area contributed by atoms with Gasteiger partial charge in [-0.2, -0.15) is 0 Å². The van der Waals surface area contributed by atoms with Crippen LogP contribution < -0.4 is 10.5 Å². The number of ether oxygens (including phenoxy) is 1. The van der Waals surface area contributed by atoms with Gasteiger partial charge in [0, 0.05) is 46.9 Å². The number of aromatic amines is 2. The standard InChI is InChI=1S/C25H24N6O2/c1-14-27-23-18(12-22(26)30-24(23)28-14)20-11-17-10-15(8-9-19(17)29-20)25(32)31(2)13-16-6-4-5-7-21(16)33-3/h4-12,29H,13H2,1-3H3,(H3,26,27,28,30). The molecule has 0 atom stereocenters. The molecule has 3 heterocycles. The molecule has 8 heteroatoms. The topological polar surface area (TPSA) is 113 Å². The maximum Gasteiger partial charge on any atom is 0.253 e. The predicted octanol–water partition coefficient (Wildman–Crippen LogP) is 4.28. The number of fused-ring (bicyclic) bond motifs is 2. The fourth-order valence-electron chi connectivity index (χ4n) is 4.12. The van der Waals surface area contributed by atoms with Crippen molar-refractivity contribution < 1.29 is 9.53 Å².